The molecule has 1 N–H and O–H groups in total. The Morgan fingerprint density at radius 1 is 0.778 bits per heavy atom. The van der Waals surface area contributed by atoms with Crippen molar-refractivity contribution in [2.24, 2.45) is 16.2 Å². The molecule has 0 aromatic carbocycles. The van der Waals surface area contributed by atoms with E-state index >= 15 is 0 Å². The van der Waals surface area contributed by atoms with E-state index in [4.69, 9.17) is 0 Å². The molecule has 3 nitrogen and oxygen atoms in total. The summed E-state index contributed by atoms with van der Waals surface area (Å²) in [4.78, 5) is 24.5. The zero-order chi connectivity index (χ0) is 14.9. The van der Waals surface area contributed by atoms with Gasteiger partial charge in [-0.15, -0.1) is 0 Å². The smallest absolute Gasteiger partial charge is 0.225 e. The van der Waals surface area contributed by atoms with Gasteiger partial charge in [0.05, 0.1) is 6.04 Å². The highest BCUT2D eigenvalue weighted by molar-refractivity contribution is 5.94. The van der Waals surface area contributed by atoms with E-state index in [9.17, 15) is 9.59 Å². The average Bonchev–Trinajstić information content (AvgIpc) is 2.07. The fourth-order valence-electron chi connectivity index (χ4n) is 1.46. The highest BCUT2D eigenvalue weighted by Crippen LogP contribution is 2.28. The van der Waals surface area contributed by atoms with Crippen LogP contribution in [0.2, 0.25) is 0 Å². The van der Waals surface area contributed by atoms with Crippen LogP contribution in [0, 0.1) is 16.2 Å². The van der Waals surface area contributed by atoms with E-state index < -0.39 is 16.9 Å². The third-order valence-corrected chi connectivity index (χ3v) is 2.82. The average molecular weight is 255 g/mol. The molecule has 0 saturated heterocycles. The summed E-state index contributed by atoms with van der Waals surface area (Å²) >= 11 is 0. The van der Waals surface area contributed by atoms with Gasteiger partial charge in [0.25, 0.3) is 0 Å². The molecule has 0 radical (unpaired) electrons. The maximum atomic E-state index is 12.5. The molecule has 0 aromatic heterocycles. The third kappa shape index (κ3) is 4.79. The Hall–Kier alpha value is -0.860. The molecule has 1 atom stereocenters. The molecule has 18 heavy (non-hydrogen) atoms. The molecule has 0 aliphatic rings. The van der Waals surface area contributed by atoms with Crippen LogP contribution in [0.1, 0.15) is 62.3 Å². The van der Waals surface area contributed by atoms with Crippen molar-refractivity contribution in [3.8, 4) is 0 Å². The summed E-state index contributed by atoms with van der Waals surface area (Å²) in [5.74, 6) is -0.00683. The first kappa shape index (κ1) is 17.1. The largest absolute Gasteiger partial charge is 0.345 e. The van der Waals surface area contributed by atoms with E-state index in [0.717, 1.165) is 0 Å². The van der Waals surface area contributed by atoms with Crippen LogP contribution >= 0.6 is 0 Å². The van der Waals surface area contributed by atoms with Gasteiger partial charge in [0.1, 0.15) is 0 Å². The third-order valence-electron chi connectivity index (χ3n) is 2.82. The Bertz CT molecular complexity index is 324. The van der Waals surface area contributed by atoms with Gasteiger partial charge in [-0.3, -0.25) is 9.59 Å². The standard InChI is InChI=1S/C15H29NO2/c1-13(2,3)10(11(17)14(4,5)6)16-12(18)15(7,8)9/h10H,1-9H3,(H,16,18). The number of hydrogen-bond donors (Lipinski definition) is 1. The lowest BCUT2D eigenvalue weighted by Crippen LogP contribution is -2.55. The second-order valence-corrected chi connectivity index (χ2v) is 8.14. The van der Waals surface area contributed by atoms with Crippen LogP contribution in [0.25, 0.3) is 0 Å². The van der Waals surface area contributed by atoms with E-state index in [1.54, 1.807) is 0 Å². The van der Waals surface area contributed by atoms with Crippen LogP contribution < -0.4 is 5.32 Å². The number of Topliss-reactive ketones (excluding diaryl/α,β-unsaturated/α-hetero) is 1. The lowest BCUT2D eigenvalue weighted by molar-refractivity contribution is -0.138. The molecule has 0 fully saturated rings. The second kappa shape index (κ2) is 5.02. The topological polar surface area (TPSA) is 46.2 Å². The van der Waals surface area contributed by atoms with Gasteiger partial charge in [0, 0.05) is 10.8 Å². The fraction of sp³-hybridized carbons (Fsp3) is 0.867. The number of ketones is 1. The van der Waals surface area contributed by atoms with Crippen LogP contribution in [0.4, 0.5) is 0 Å². The van der Waals surface area contributed by atoms with E-state index in [1.807, 2.05) is 62.3 Å². The predicted octanol–water partition coefficient (Wildman–Crippen LogP) is 3.18. The van der Waals surface area contributed by atoms with Crippen molar-refractivity contribution in [3.05, 3.63) is 0 Å². The summed E-state index contributed by atoms with van der Waals surface area (Å²) in [6.45, 7) is 17.1. The van der Waals surface area contributed by atoms with Gasteiger partial charge in [0.2, 0.25) is 5.91 Å². The Morgan fingerprint density at radius 3 is 1.39 bits per heavy atom. The van der Waals surface area contributed by atoms with Crippen molar-refractivity contribution in [2.45, 2.75) is 68.4 Å². The molecule has 0 spiro atoms. The van der Waals surface area contributed by atoms with Gasteiger partial charge in [-0.25, -0.2) is 0 Å². The molecule has 1 amide bonds. The van der Waals surface area contributed by atoms with Crippen molar-refractivity contribution in [2.75, 3.05) is 0 Å². The molecule has 0 aliphatic heterocycles. The zero-order valence-corrected chi connectivity index (χ0v) is 13.4. The Morgan fingerprint density at radius 2 is 1.17 bits per heavy atom. The Balaban J connectivity index is 5.19. The quantitative estimate of drug-likeness (QED) is 0.823. The minimum atomic E-state index is -0.484. The second-order valence-electron chi connectivity index (χ2n) is 8.14. The molecule has 0 heterocycles. The highest BCUT2D eigenvalue weighted by Gasteiger charge is 2.39. The number of amides is 1. The van der Waals surface area contributed by atoms with Crippen molar-refractivity contribution < 1.29 is 9.59 Å². The minimum absolute atomic E-state index is 0.0765. The zero-order valence-electron chi connectivity index (χ0n) is 13.4. The van der Waals surface area contributed by atoms with Crippen LogP contribution in [0.15, 0.2) is 0 Å². The number of rotatable bonds is 2. The minimum Gasteiger partial charge on any atom is -0.345 e. The van der Waals surface area contributed by atoms with Crippen LogP contribution in [0.5, 0.6) is 0 Å². The van der Waals surface area contributed by atoms with Gasteiger partial charge < -0.3 is 5.32 Å². The van der Waals surface area contributed by atoms with Crippen LogP contribution in [-0.2, 0) is 9.59 Å². The summed E-state index contributed by atoms with van der Waals surface area (Å²) in [6.07, 6.45) is 0. The van der Waals surface area contributed by atoms with E-state index in [2.05, 4.69) is 5.32 Å². The molecule has 3 heteroatoms. The first-order chi connectivity index (χ1) is 7.67. The summed E-state index contributed by atoms with van der Waals surface area (Å²) < 4.78 is 0. The normalized spacial score (nSPS) is 15.2. The van der Waals surface area contributed by atoms with Gasteiger partial charge in [-0.05, 0) is 5.41 Å². The number of carbonyl (C=O) groups excluding carboxylic acids is 2. The van der Waals surface area contributed by atoms with E-state index in [0.29, 0.717) is 0 Å². The molecule has 0 saturated carbocycles. The summed E-state index contributed by atoms with van der Waals surface area (Å²) in [6, 6.07) is -0.454. The predicted molar refractivity (Wildman–Crippen MR) is 75.3 cm³/mol. The number of carbonyl (C=O) groups is 2. The summed E-state index contributed by atoms with van der Waals surface area (Å²) in [5.41, 5.74) is -1.23. The van der Waals surface area contributed by atoms with Crippen LogP contribution in [-0.4, -0.2) is 17.7 Å². The van der Waals surface area contributed by atoms with Crippen molar-refractivity contribution >= 4 is 11.7 Å². The van der Waals surface area contributed by atoms with Crippen molar-refractivity contribution in [3.63, 3.8) is 0 Å². The number of hydrogen-bond acceptors (Lipinski definition) is 2. The summed E-state index contributed by atoms with van der Waals surface area (Å²) in [7, 11) is 0. The maximum Gasteiger partial charge on any atom is 0.225 e. The van der Waals surface area contributed by atoms with Crippen molar-refractivity contribution in [1.82, 2.24) is 5.32 Å². The molecular weight excluding hydrogens is 226 g/mol. The van der Waals surface area contributed by atoms with Gasteiger partial charge in [0.15, 0.2) is 5.78 Å². The van der Waals surface area contributed by atoms with Crippen LogP contribution in [0.3, 0.4) is 0 Å². The van der Waals surface area contributed by atoms with Gasteiger partial charge in [-0.1, -0.05) is 62.3 Å². The number of nitrogens with one attached hydrogen (secondary N) is 1. The SMILES string of the molecule is CC(C)(C)C(=O)NC(C(=O)C(C)(C)C)C(C)(C)C. The highest BCUT2D eigenvalue weighted by atomic mass is 16.2. The Kier molecular flexibility index (Phi) is 4.78. The monoisotopic (exact) mass is 255 g/mol. The molecule has 0 aliphatic carbocycles. The molecule has 1 unspecified atom stereocenters. The molecule has 106 valence electrons. The fourth-order valence-corrected chi connectivity index (χ4v) is 1.46. The molecule has 0 rings (SSSR count). The first-order valence-electron chi connectivity index (χ1n) is 6.52. The summed E-state index contributed by atoms with van der Waals surface area (Å²) in [5, 5.41) is 2.91. The Labute approximate surface area is 112 Å². The lowest BCUT2D eigenvalue weighted by Gasteiger charge is -2.36. The molecule has 0 aromatic rings. The first-order valence-corrected chi connectivity index (χ1v) is 6.52. The van der Waals surface area contributed by atoms with E-state index in [1.165, 1.54) is 0 Å². The van der Waals surface area contributed by atoms with Gasteiger partial charge >= 0.3 is 0 Å². The lowest BCUT2D eigenvalue weighted by atomic mass is 9.75. The maximum absolute atomic E-state index is 12.5. The van der Waals surface area contributed by atoms with Crippen molar-refractivity contribution in [1.29, 1.82) is 0 Å². The van der Waals surface area contributed by atoms with E-state index in [-0.39, 0.29) is 17.1 Å². The molecule has 0 bridgehead atoms. The van der Waals surface area contributed by atoms with Gasteiger partial charge in [-0.2, -0.15) is 0 Å². The molecular formula is C15H29NO2.